The zero-order valence-corrected chi connectivity index (χ0v) is 12.6. The van der Waals surface area contributed by atoms with E-state index in [1.807, 2.05) is 13.8 Å². The van der Waals surface area contributed by atoms with Gasteiger partial charge in [-0.2, -0.15) is 0 Å². The summed E-state index contributed by atoms with van der Waals surface area (Å²) in [6.07, 6.45) is 0. The summed E-state index contributed by atoms with van der Waals surface area (Å²) in [5.74, 6) is 0.635. The van der Waals surface area contributed by atoms with Crippen LogP contribution in [-0.2, 0) is 0 Å². The van der Waals surface area contributed by atoms with Crippen LogP contribution in [-0.4, -0.2) is 17.7 Å². The topological polar surface area (TPSA) is 63.2 Å². The third-order valence-electron chi connectivity index (χ3n) is 2.53. The standard InChI is InChI=1S/C13H14ClN3O2S/c1-8-9(2)20-13(16-8)17-12(18)15-7-19-11-5-3-10(14)4-6-11/h3-6H,7H2,1-2H3,(H2,15,16,17,18). The van der Waals surface area contributed by atoms with Crippen LogP contribution in [0, 0.1) is 13.8 Å². The van der Waals surface area contributed by atoms with Crippen molar-refractivity contribution in [1.82, 2.24) is 10.3 Å². The Morgan fingerprint density at radius 2 is 2.05 bits per heavy atom. The molecule has 1 aromatic heterocycles. The van der Waals surface area contributed by atoms with Gasteiger partial charge in [0.25, 0.3) is 0 Å². The number of amides is 2. The summed E-state index contributed by atoms with van der Waals surface area (Å²) in [4.78, 5) is 16.9. The van der Waals surface area contributed by atoms with Crippen molar-refractivity contribution >= 4 is 34.1 Å². The number of anilines is 1. The third-order valence-corrected chi connectivity index (χ3v) is 3.77. The zero-order chi connectivity index (χ0) is 14.5. The van der Waals surface area contributed by atoms with Gasteiger partial charge >= 0.3 is 6.03 Å². The summed E-state index contributed by atoms with van der Waals surface area (Å²) in [7, 11) is 0. The molecule has 2 N–H and O–H groups in total. The Morgan fingerprint density at radius 1 is 1.35 bits per heavy atom. The molecule has 0 aliphatic rings. The lowest BCUT2D eigenvalue weighted by Crippen LogP contribution is -2.31. The van der Waals surface area contributed by atoms with Gasteiger partial charge in [0.1, 0.15) is 5.75 Å². The lowest BCUT2D eigenvalue weighted by atomic mass is 10.3. The Balaban J connectivity index is 1.76. The summed E-state index contributed by atoms with van der Waals surface area (Å²) >= 11 is 7.20. The van der Waals surface area contributed by atoms with Gasteiger partial charge < -0.3 is 10.1 Å². The smallest absolute Gasteiger partial charge is 0.323 e. The largest absolute Gasteiger partial charge is 0.473 e. The number of aromatic nitrogens is 1. The van der Waals surface area contributed by atoms with E-state index in [2.05, 4.69) is 15.6 Å². The number of nitrogens with zero attached hydrogens (tertiary/aromatic N) is 1. The van der Waals surface area contributed by atoms with Crippen molar-refractivity contribution in [2.75, 3.05) is 12.0 Å². The molecule has 2 rings (SSSR count). The van der Waals surface area contributed by atoms with E-state index in [1.165, 1.54) is 11.3 Å². The van der Waals surface area contributed by atoms with Crippen LogP contribution in [0.3, 0.4) is 0 Å². The van der Waals surface area contributed by atoms with E-state index < -0.39 is 0 Å². The Kier molecular flexibility index (Phi) is 4.81. The van der Waals surface area contributed by atoms with E-state index in [0.717, 1.165) is 10.6 Å². The monoisotopic (exact) mass is 311 g/mol. The first-order valence-electron chi connectivity index (χ1n) is 5.92. The highest BCUT2D eigenvalue weighted by Crippen LogP contribution is 2.20. The maximum Gasteiger partial charge on any atom is 0.323 e. The van der Waals surface area contributed by atoms with Crippen LogP contribution in [0.5, 0.6) is 5.75 Å². The third kappa shape index (κ3) is 4.11. The van der Waals surface area contributed by atoms with Crippen LogP contribution < -0.4 is 15.4 Å². The van der Waals surface area contributed by atoms with E-state index in [-0.39, 0.29) is 12.8 Å². The van der Waals surface area contributed by atoms with Crippen molar-refractivity contribution in [2.24, 2.45) is 0 Å². The molecular formula is C13H14ClN3O2S. The number of nitrogens with one attached hydrogen (secondary N) is 2. The molecular weight excluding hydrogens is 298 g/mol. The molecule has 5 nitrogen and oxygen atoms in total. The Hall–Kier alpha value is -1.79. The first-order valence-corrected chi connectivity index (χ1v) is 7.11. The number of halogens is 1. The van der Waals surface area contributed by atoms with E-state index in [1.54, 1.807) is 24.3 Å². The van der Waals surface area contributed by atoms with Gasteiger partial charge in [-0.25, -0.2) is 9.78 Å². The summed E-state index contributed by atoms with van der Waals surface area (Å²) in [5, 5.41) is 6.45. The number of carbonyl (C=O) groups is 1. The molecule has 2 amide bonds. The Morgan fingerprint density at radius 3 is 2.65 bits per heavy atom. The van der Waals surface area contributed by atoms with Crippen molar-refractivity contribution in [3.63, 3.8) is 0 Å². The number of carbonyl (C=O) groups excluding carboxylic acids is 1. The van der Waals surface area contributed by atoms with Crippen LogP contribution in [0.25, 0.3) is 0 Å². The molecule has 0 saturated heterocycles. The Bertz CT molecular complexity index is 579. The second-order valence-corrected chi connectivity index (χ2v) is 5.67. The second-order valence-electron chi connectivity index (χ2n) is 4.03. The number of hydrogen-bond acceptors (Lipinski definition) is 4. The average molecular weight is 312 g/mol. The van der Waals surface area contributed by atoms with Gasteiger partial charge in [0, 0.05) is 9.90 Å². The minimum Gasteiger partial charge on any atom is -0.473 e. The maximum atomic E-state index is 11.6. The molecule has 1 heterocycles. The number of urea groups is 1. The highest BCUT2D eigenvalue weighted by atomic mass is 35.5. The molecule has 0 unspecified atom stereocenters. The van der Waals surface area contributed by atoms with Gasteiger partial charge in [-0.05, 0) is 38.1 Å². The molecule has 0 bridgehead atoms. The highest BCUT2D eigenvalue weighted by molar-refractivity contribution is 7.15. The number of aryl methyl sites for hydroxylation is 2. The van der Waals surface area contributed by atoms with Gasteiger partial charge in [0.05, 0.1) is 5.69 Å². The predicted molar refractivity (Wildman–Crippen MR) is 80.7 cm³/mol. The molecule has 1 aromatic carbocycles. The SMILES string of the molecule is Cc1nc(NC(=O)NCOc2ccc(Cl)cc2)sc1C. The predicted octanol–water partition coefficient (Wildman–Crippen LogP) is 3.57. The second kappa shape index (κ2) is 6.58. The normalized spacial score (nSPS) is 10.2. The van der Waals surface area contributed by atoms with E-state index >= 15 is 0 Å². The van der Waals surface area contributed by atoms with Crippen molar-refractivity contribution in [3.8, 4) is 5.75 Å². The summed E-state index contributed by atoms with van der Waals surface area (Å²) in [5.41, 5.74) is 0.919. The van der Waals surface area contributed by atoms with E-state index in [4.69, 9.17) is 16.3 Å². The number of hydrogen-bond donors (Lipinski definition) is 2. The first kappa shape index (κ1) is 14.6. The lowest BCUT2D eigenvalue weighted by molar-refractivity contribution is 0.234. The van der Waals surface area contributed by atoms with Crippen LogP contribution in [0.4, 0.5) is 9.93 Å². The molecule has 7 heteroatoms. The molecule has 2 aromatic rings. The van der Waals surface area contributed by atoms with Gasteiger partial charge in [0.15, 0.2) is 11.9 Å². The van der Waals surface area contributed by atoms with Crippen LogP contribution in [0.2, 0.25) is 5.02 Å². The van der Waals surface area contributed by atoms with Gasteiger partial charge in [-0.3, -0.25) is 5.32 Å². The fourth-order valence-corrected chi connectivity index (χ4v) is 2.32. The van der Waals surface area contributed by atoms with Crippen LogP contribution in [0.15, 0.2) is 24.3 Å². The molecule has 0 fully saturated rings. The van der Waals surface area contributed by atoms with Crippen molar-refractivity contribution in [2.45, 2.75) is 13.8 Å². The van der Waals surface area contributed by atoms with Gasteiger partial charge in [0.2, 0.25) is 0 Å². The molecule has 0 aliphatic carbocycles. The van der Waals surface area contributed by atoms with E-state index in [9.17, 15) is 4.79 Å². The lowest BCUT2D eigenvalue weighted by Gasteiger charge is -2.08. The summed E-state index contributed by atoms with van der Waals surface area (Å²) in [6.45, 7) is 3.93. The molecule has 0 saturated carbocycles. The summed E-state index contributed by atoms with van der Waals surface area (Å²) < 4.78 is 5.35. The van der Waals surface area contributed by atoms with Gasteiger partial charge in [-0.15, -0.1) is 11.3 Å². The maximum absolute atomic E-state index is 11.6. The van der Waals surface area contributed by atoms with Gasteiger partial charge in [-0.1, -0.05) is 11.6 Å². The molecule has 0 radical (unpaired) electrons. The number of thiazole rings is 1. The van der Waals surface area contributed by atoms with Crippen molar-refractivity contribution < 1.29 is 9.53 Å². The van der Waals surface area contributed by atoms with E-state index in [0.29, 0.717) is 15.9 Å². The zero-order valence-electron chi connectivity index (χ0n) is 11.1. The quantitative estimate of drug-likeness (QED) is 0.848. The number of rotatable bonds is 4. The first-order chi connectivity index (χ1) is 9.54. The Labute approximate surface area is 125 Å². The molecule has 0 spiro atoms. The molecule has 0 aliphatic heterocycles. The van der Waals surface area contributed by atoms with Crippen molar-refractivity contribution in [1.29, 1.82) is 0 Å². The molecule has 106 valence electrons. The fraction of sp³-hybridized carbons (Fsp3) is 0.231. The minimum atomic E-state index is -0.354. The van der Waals surface area contributed by atoms with Crippen LogP contribution >= 0.6 is 22.9 Å². The van der Waals surface area contributed by atoms with Crippen LogP contribution in [0.1, 0.15) is 10.6 Å². The molecule has 20 heavy (non-hydrogen) atoms. The highest BCUT2D eigenvalue weighted by Gasteiger charge is 2.07. The number of ether oxygens (including phenoxy) is 1. The minimum absolute atomic E-state index is 0.0663. The average Bonchev–Trinajstić information content (AvgIpc) is 2.70. The molecule has 0 atom stereocenters. The fourth-order valence-electron chi connectivity index (χ4n) is 1.38. The summed E-state index contributed by atoms with van der Waals surface area (Å²) in [6, 6.07) is 6.55. The van der Waals surface area contributed by atoms with Crippen molar-refractivity contribution in [3.05, 3.63) is 39.9 Å². The number of benzene rings is 1.